The van der Waals surface area contributed by atoms with E-state index in [1.54, 1.807) is 18.2 Å². The highest BCUT2D eigenvalue weighted by Crippen LogP contribution is 2.28. The Morgan fingerprint density at radius 3 is 2.38 bits per heavy atom. The molecule has 0 atom stereocenters. The van der Waals surface area contributed by atoms with Crippen LogP contribution in [-0.4, -0.2) is 6.36 Å². The zero-order chi connectivity index (χ0) is 20.9. The van der Waals surface area contributed by atoms with E-state index in [2.05, 4.69) is 10.1 Å². The van der Waals surface area contributed by atoms with Crippen LogP contribution < -0.4 is 14.8 Å². The van der Waals surface area contributed by atoms with Gasteiger partial charge in [0, 0.05) is 23.3 Å². The molecule has 0 radical (unpaired) electrons. The second-order valence-corrected chi connectivity index (χ2v) is 6.69. The van der Waals surface area contributed by atoms with Gasteiger partial charge in [0.1, 0.15) is 17.2 Å². The molecule has 0 unspecified atom stereocenters. The lowest BCUT2D eigenvalue weighted by Gasteiger charge is -2.12. The van der Waals surface area contributed by atoms with E-state index in [0.717, 1.165) is 17.7 Å². The molecule has 0 saturated carbocycles. The van der Waals surface area contributed by atoms with Gasteiger partial charge >= 0.3 is 6.36 Å². The summed E-state index contributed by atoms with van der Waals surface area (Å²) in [6.07, 6.45) is -3.91. The number of nitrogens with one attached hydrogen (secondary N) is 1. The van der Waals surface area contributed by atoms with E-state index >= 15 is 0 Å². The van der Waals surface area contributed by atoms with Crippen molar-refractivity contribution in [3.8, 4) is 17.2 Å². The maximum absolute atomic E-state index is 12.4. The van der Waals surface area contributed by atoms with Crippen LogP contribution in [0.5, 0.6) is 17.2 Å². The quantitative estimate of drug-likeness (QED) is 0.437. The zero-order valence-corrected chi connectivity index (χ0v) is 16.3. The Morgan fingerprint density at radius 2 is 1.62 bits per heavy atom. The maximum Gasteiger partial charge on any atom is 0.573 e. The highest BCUT2D eigenvalue weighted by molar-refractivity contribution is 6.31. The molecule has 3 aromatic rings. The Morgan fingerprint density at radius 1 is 0.897 bits per heavy atom. The number of benzene rings is 3. The summed E-state index contributed by atoms with van der Waals surface area (Å²) in [5, 5.41) is 3.87. The minimum absolute atomic E-state index is 0.247. The van der Waals surface area contributed by atoms with Gasteiger partial charge in [-0.25, -0.2) is 0 Å². The number of alkyl halides is 3. The van der Waals surface area contributed by atoms with Crippen LogP contribution in [0.25, 0.3) is 0 Å². The van der Waals surface area contributed by atoms with Crippen molar-refractivity contribution in [3.63, 3.8) is 0 Å². The maximum atomic E-state index is 12.4. The fraction of sp³-hybridized carbons (Fsp3) is 0.182. The van der Waals surface area contributed by atoms with E-state index in [1.165, 1.54) is 18.2 Å². The van der Waals surface area contributed by atoms with Crippen LogP contribution in [-0.2, 0) is 13.0 Å². The van der Waals surface area contributed by atoms with Gasteiger partial charge in [-0.1, -0.05) is 36.7 Å². The van der Waals surface area contributed by atoms with Crippen molar-refractivity contribution in [2.24, 2.45) is 0 Å². The van der Waals surface area contributed by atoms with Gasteiger partial charge in [0.15, 0.2) is 0 Å². The summed E-state index contributed by atoms with van der Waals surface area (Å²) >= 11 is 6.13. The molecule has 0 fully saturated rings. The summed E-state index contributed by atoms with van der Waals surface area (Å²) in [6, 6.07) is 18.7. The third-order valence-electron chi connectivity index (χ3n) is 4.10. The van der Waals surface area contributed by atoms with Crippen LogP contribution in [0.2, 0.25) is 5.02 Å². The van der Waals surface area contributed by atoms with Crippen LogP contribution >= 0.6 is 11.6 Å². The van der Waals surface area contributed by atoms with Crippen LogP contribution in [0.15, 0.2) is 66.7 Å². The molecular weight excluding hydrogens is 403 g/mol. The average molecular weight is 422 g/mol. The Labute approximate surface area is 172 Å². The zero-order valence-electron chi connectivity index (χ0n) is 15.6. The smallest absolute Gasteiger partial charge is 0.457 e. The molecule has 29 heavy (non-hydrogen) atoms. The number of aryl methyl sites for hydroxylation is 1. The van der Waals surface area contributed by atoms with Gasteiger partial charge in [-0.3, -0.25) is 0 Å². The van der Waals surface area contributed by atoms with Crippen molar-refractivity contribution in [1.29, 1.82) is 0 Å². The van der Waals surface area contributed by atoms with E-state index < -0.39 is 6.36 Å². The predicted octanol–water partition coefficient (Wildman–Crippen LogP) is 7.21. The minimum Gasteiger partial charge on any atom is -0.457 e. The standard InChI is InChI=1S/C22H19ClF3NO2/c1-2-16-12-19(9-10-21(16)23)28-18-7-4-6-17(13-18)27-14-15-5-3-8-20(11-15)29-22(24,25)26/h3-13,27H,2,14H2,1H3. The Kier molecular flexibility index (Phi) is 6.54. The first kappa shape index (κ1) is 20.9. The summed E-state index contributed by atoms with van der Waals surface area (Å²) in [7, 11) is 0. The predicted molar refractivity (Wildman–Crippen MR) is 108 cm³/mol. The molecule has 0 heterocycles. The molecular formula is C22H19ClF3NO2. The van der Waals surface area contributed by atoms with E-state index in [4.69, 9.17) is 16.3 Å². The van der Waals surface area contributed by atoms with Crippen molar-refractivity contribution in [3.05, 3.63) is 82.9 Å². The summed E-state index contributed by atoms with van der Waals surface area (Å²) in [5.41, 5.74) is 2.43. The molecule has 0 spiro atoms. The Balaban J connectivity index is 1.65. The van der Waals surface area contributed by atoms with Crippen LogP contribution in [0.3, 0.4) is 0 Å². The van der Waals surface area contributed by atoms with Gasteiger partial charge in [-0.05, 0) is 60.0 Å². The van der Waals surface area contributed by atoms with Crippen LogP contribution in [0.4, 0.5) is 18.9 Å². The van der Waals surface area contributed by atoms with E-state index in [9.17, 15) is 13.2 Å². The topological polar surface area (TPSA) is 30.5 Å². The molecule has 0 amide bonds. The molecule has 3 nitrogen and oxygen atoms in total. The SMILES string of the molecule is CCc1cc(Oc2cccc(NCc3cccc(OC(F)(F)F)c3)c2)ccc1Cl. The van der Waals surface area contributed by atoms with E-state index in [-0.39, 0.29) is 5.75 Å². The Hall–Kier alpha value is -2.86. The van der Waals surface area contributed by atoms with E-state index in [0.29, 0.717) is 28.6 Å². The molecule has 0 aliphatic rings. The number of rotatable bonds is 7. The van der Waals surface area contributed by atoms with Gasteiger partial charge in [0.05, 0.1) is 0 Å². The number of hydrogen-bond donors (Lipinski definition) is 1. The van der Waals surface area contributed by atoms with Crippen molar-refractivity contribution < 1.29 is 22.6 Å². The van der Waals surface area contributed by atoms with Gasteiger partial charge in [-0.15, -0.1) is 13.2 Å². The van der Waals surface area contributed by atoms with Crippen molar-refractivity contribution in [2.45, 2.75) is 26.3 Å². The molecule has 0 aliphatic heterocycles. The second kappa shape index (κ2) is 9.09. The summed E-state index contributed by atoms with van der Waals surface area (Å²) < 4.78 is 46.9. The van der Waals surface area contributed by atoms with Crippen molar-refractivity contribution in [1.82, 2.24) is 0 Å². The molecule has 0 saturated heterocycles. The first-order chi connectivity index (χ1) is 13.8. The normalized spacial score (nSPS) is 11.2. The van der Waals surface area contributed by atoms with Crippen molar-refractivity contribution >= 4 is 17.3 Å². The number of hydrogen-bond acceptors (Lipinski definition) is 3. The van der Waals surface area contributed by atoms with Crippen molar-refractivity contribution in [2.75, 3.05) is 5.32 Å². The molecule has 0 bridgehead atoms. The largest absolute Gasteiger partial charge is 0.573 e. The lowest BCUT2D eigenvalue weighted by molar-refractivity contribution is -0.274. The highest BCUT2D eigenvalue weighted by Gasteiger charge is 2.31. The molecule has 3 rings (SSSR count). The number of halogens is 4. The molecule has 0 aromatic heterocycles. The third kappa shape index (κ3) is 6.32. The first-order valence-electron chi connectivity index (χ1n) is 8.97. The number of anilines is 1. The van der Waals surface area contributed by atoms with Crippen LogP contribution in [0, 0.1) is 0 Å². The molecule has 0 aliphatic carbocycles. The van der Waals surface area contributed by atoms with Gasteiger partial charge in [0.2, 0.25) is 0 Å². The first-order valence-corrected chi connectivity index (χ1v) is 9.35. The molecule has 152 valence electrons. The third-order valence-corrected chi connectivity index (χ3v) is 4.47. The van der Waals surface area contributed by atoms with Gasteiger partial charge in [0.25, 0.3) is 0 Å². The molecule has 1 N–H and O–H groups in total. The fourth-order valence-electron chi connectivity index (χ4n) is 2.75. The summed E-state index contributed by atoms with van der Waals surface area (Å²) in [6.45, 7) is 2.35. The number of ether oxygens (including phenoxy) is 2. The van der Waals surface area contributed by atoms with Gasteiger partial charge < -0.3 is 14.8 Å². The monoisotopic (exact) mass is 421 g/mol. The van der Waals surface area contributed by atoms with E-state index in [1.807, 2.05) is 37.3 Å². The lowest BCUT2D eigenvalue weighted by Crippen LogP contribution is -2.17. The lowest BCUT2D eigenvalue weighted by atomic mass is 10.1. The molecule has 7 heteroatoms. The highest BCUT2D eigenvalue weighted by atomic mass is 35.5. The second-order valence-electron chi connectivity index (χ2n) is 6.29. The summed E-state index contributed by atoms with van der Waals surface area (Å²) in [4.78, 5) is 0. The Bertz CT molecular complexity index is 976. The minimum atomic E-state index is -4.71. The average Bonchev–Trinajstić information content (AvgIpc) is 2.67. The van der Waals surface area contributed by atoms with Crippen LogP contribution in [0.1, 0.15) is 18.1 Å². The van der Waals surface area contributed by atoms with Gasteiger partial charge in [-0.2, -0.15) is 0 Å². The molecule has 3 aromatic carbocycles. The summed E-state index contributed by atoms with van der Waals surface area (Å²) in [5.74, 6) is 1.07. The fourth-order valence-corrected chi connectivity index (χ4v) is 3.00.